The molecular formula is C14H14Cl2N2O. The SMILES string of the molecule is CC(C)n1ncc(Cl)c1C(=O)Cc1ccc(Cl)cc1. The van der Waals surface area contributed by atoms with E-state index in [4.69, 9.17) is 23.2 Å². The van der Waals surface area contributed by atoms with E-state index in [2.05, 4.69) is 5.10 Å². The molecule has 0 aliphatic rings. The smallest absolute Gasteiger partial charge is 0.186 e. The van der Waals surface area contributed by atoms with Crippen molar-refractivity contribution in [1.82, 2.24) is 9.78 Å². The predicted molar refractivity (Wildman–Crippen MR) is 77.1 cm³/mol. The van der Waals surface area contributed by atoms with Gasteiger partial charge in [0.1, 0.15) is 5.69 Å². The summed E-state index contributed by atoms with van der Waals surface area (Å²) in [7, 11) is 0. The molecule has 1 aromatic heterocycles. The van der Waals surface area contributed by atoms with Gasteiger partial charge < -0.3 is 0 Å². The van der Waals surface area contributed by atoms with Gasteiger partial charge in [-0.25, -0.2) is 0 Å². The number of carbonyl (C=O) groups is 1. The van der Waals surface area contributed by atoms with Crippen molar-refractivity contribution in [2.45, 2.75) is 26.3 Å². The molecule has 5 heteroatoms. The molecule has 1 heterocycles. The first-order chi connectivity index (χ1) is 8.99. The fraction of sp³-hybridized carbons (Fsp3) is 0.286. The lowest BCUT2D eigenvalue weighted by molar-refractivity contribution is 0.0981. The number of Topliss-reactive ketones (excluding diaryl/α,β-unsaturated/α-hetero) is 1. The highest BCUT2D eigenvalue weighted by Crippen LogP contribution is 2.21. The quantitative estimate of drug-likeness (QED) is 0.793. The lowest BCUT2D eigenvalue weighted by Gasteiger charge is -2.10. The first-order valence-electron chi connectivity index (χ1n) is 5.99. The van der Waals surface area contributed by atoms with E-state index in [1.165, 1.54) is 6.20 Å². The summed E-state index contributed by atoms with van der Waals surface area (Å²) in [5.74, 6) is -0.0430. The van der Waals surface area contributed by atoms with E-state index in [0.717, 1.165) is 5.56 Å². The zero-order chi connectivity index (χ0) is 14.0. The van der Waals surface area contributed by atoms with Crippen molar-refractivity contribution in [2.24, 2.45) is 0 Å². The molecule has 0 aliphatic carbocycles. The van der Waals surface area contributed by atoms with Gasteiger partial charge in [-0.15, -0.1) is 0 Å². The predicted octanol–water partition coefficient (Wildman–Crippen LogP) is 4.20. The van der Waals surface area contributed by atoms with Crippen LogP contribution in [0.5, 0.6) is 0 Å². The maximum Gasteiger partial charge on any atom is 0.186 e. The Morgan fingerprint density at radius 2 is 1.89 bits per heavy atom. The molecule has 100 valence electrons. The van der Waals surface area contributed by atoms with Gasteiger partial charge in [0, 0.05) is 17.5 Å². The van der Waals surface area contributed by atoms with E-state index in [-0.39, 0.29) is 18.2 Å². The highest BCUT2D eigenvalue weighted by molar-refractivity contribution is 6.33. The van der Waals surface area contributed by atoms with Gasteiger partial charge >= 0.3 is 0 Å². The molecular weight excluding hydrogens is 283 g/mol. The Kier molecular flexibility index (Phi) is 4.27. The Balaban J connectivity index is 2.25. The van der Waals surface area contributed by atoms with Gasteiger partial charge in [0.15, 0.2) is 5.78 Å². The van der Waals surface area contributed by atoms with Crippen LogP contribution in [0.15, 0.2) is 30.5 Å². The number of benzene rings is 1. The minimum Gasteiger partial charge on any atom is -0.292 e. The van der Waals surface area contributed by atoms with Crippen LogP contribution in [0, 0.1) is 0 Å². The molecule has 0 unspecified atom stereocenters. The number of hydrogen-bond donors (Lipinski definition) is 0. The average Bonchev–Trinajstić information content (AvgIpc) is 2.74. The molecule has 19 heavy (non-hydrogen) atoms. The molecule has 0 saturated carbocycles. The molecule has 0 fully saturated rings. The van der Waals surface area contributed by atoms with Gasteiger partial charge in [0.25, 0.3) is 0 Å². The number of carbonyl (C=O) groups excluding carboxylic acids is 1. The van der Waals surface area contributed by atoms with Crippen molar-refractivity contribution in [2.75, 3.05) is 0 Å². The number of nitrogens with zero attached hydrogens (tertiary/aromatic N) is 2. The monoisotopic (exact) mass is 296 g/mol. The van der Waals surface area contributed by atoms with Gasteiger partial charge in [0.2, 0.25) is 0 Å². The Morgan fingerprint density at radius 1 is 1.26 bits per heavy atom. The van der Waals surface area contributed by atoms with Crippen molar-refractivity contribution in [3.63, 3.8) is 0 Å². The lowest BCUT2D eigenvalue weighted by Crippen LogP contribution is -2.14. The Labute approximate surface area is 122 Å². The van der Waals surface area contributed by atoms with Crippen molar-refractivity contribution in [1.29, 1.82) is 0 Å². The number of rotatable bonds is 4. The molecule has 2 rings (SSSR count). The van der Waals surface area contributed by atoms with Crippen LogP contribution in [0.4, 0.5) is 0 Å². The summed E-state index contributed by atoms with van der Waals surface area (Å²) in [5.41, 5.74) is 1.37. The molecule has 0 radical (unpaired) electrons. The van der Waals surface area contributed by atoms with Crippen LogP contribution in [-0.4, -0.2) is 15.6 Å². The van der Waals surface area contributed by atoms with Crippen molar-refractivity contribution < 1.29 is 4.79 Å². The minimum atomic E-state index is -0.0430. The van der Waals surface area contributed by atoms with Crippen molar-refractivity contribution in [3.8, 4) is 0 Å². The third-order valence-electron chi connectivity index (χ3n) is 2.78. The van der Waals surface area contributed by atoms with Crippen LogP contribution >= 0.6 is 23.2 Å². The molecule has 0 bridgehead atoms. The fourth-order valence-corrected chi connectivity index (χ4v) is 2.23. The second-order valence-electron chi connectivity index (χ2n) is 4.61. The van der Waals surface area contributed by atoms with Crippen molar-refractivity contribution >= 4 is 29.0 Å². The third kappa shape index (κ3) is 3.17. The highest BCUT2D eigenvalue weighted by Gasteiger charge is 2.19. The van der Waals surface area contributed by atoms with E-state index in [1.807, 2.05) is 26.0 Å². The standard InChI is InChI=1S/C14H14Cl2N2O/c1-9(2)18-14(12(16)8-17-18)13(19)7-10-3-5-11(15)6-4-10/h3-6,8-9H,7H2,1-2H3. The van der Waals surface area contributed by atoms with Crippen LogP contribution in [0.1, 0.15) is 35.9 Å². The molecule has 3 nitrogen and oxygen atoms in total. The van der Waals surface area contributed by atoms with Crippen LogP contribution in [-0.2, 0) is 6.42 Å². The summed E-state index contributed by atoms with van der Waals surface area (Å²) in [5, 5.41) is 5.18. The molecule has 0 spiro atoms. The molecule has 0 amide bonds. The van der Waals surface area contributed by atoms with E-state index in [1.54, 1.807) is 16.8 Å². The van der Waals surface area contributed by atoms with Crippen LogP contribution in [0.25, 0.3) is 0 Å². The lowest BCUT2D eigenvalue weighted by atomic mass is 10.1. The Bertz CT molecular complexity index is 588. The number of aromatic nitrogens is 2. The van der Waals surface area contributed by atoms with E-state index in [0.29, 0.717) is 15.7 Å². The highest BCUT2D eigenvalue weighted by atomic mass is 35.5. The first-order valence-corrected chi connectivity index (χ1v) is 6.75. The second-order valence-corrected chi connectivity index (χ2v) is 5.45. The van der Waals surface area contributed by atoms with Gasteiger partial charge in [0.05, 0.1) is 11.2 Å². The van der Waals surface area contributed by atoms with Crippen LogP contribution in [0.3, 0.4) is 0 Å². The molecule has 0 saturated heterocycles. The fourth-order valence-electron chi connectivity index (χ4n) is 1.87. The maximum absolute atomic E-state index is 12.3. The first kappa shape index (κ1) is 14.1. The molecule has 0 N–H and O–H groups in total. The van der Waals surface area contributed by atoms with Gasteiger partial charge in [-0.3, -0.25) is 9.48 Å². The third-order valence-corrected chi connectivity index (χ3v) is 3.31. The Hall–Kier alpha value is -1.32. The largest absolute Gasteiger partial charge is 0.292 e. The van der Waals surface area contributed by atoms with Gasteiger partial charge in [-0.2, -0.15) is 5.10 Å². The summed E-state index contributed by atoms with van der Waals surface area (Å²) in [6.45, 7) is 3.92. The van der Waals surface area contributed by atoms with E-state index >= 15 is 0 Å². The summed E-state index contributed by atoms with van der Waals surface area (Å²) in [6, 6.07) is 7.31. The molecule has 0 aliphatic heterocycles. The minimum absolute atomic E-state index is 0.0430. The zero-order valence-electron chi connectivity index (χ0n) is 10.7. The summed E-state index contributed by atoms with van der Waals surface area (Å²) in [4.78, 5) is 12.3. The number of hydrogen-bond acceptors (Lipinski definition) is 2. The van der Waals surface area contributed by atoms with E-state index < -0.39 is 0 Å². The van der Waals surface area contributed by atoms with Crippen LogP contribution in [0.2, 0.25) is 10.0 Å². The summed E-state index contributed by atoms with van der Waals surface area (Å²) < 4.78 is 1.65. The van der Waals surface area contributed by atoms with Gasteiger partial charge in [-0.1, -0.05) is 35.3 Å². The Morgan fingerprint density at radius 3 is 2.47 bits per heavy atom. The summed E-state index contributed by atoms with van der Waals surface area (Å²) >= 11 is 11.9. The zero-order valence-corrected chi connectivity index (χ0v) is 12.2. The molecule has 0 atom stereocenters. The summed E-state index contributed by atoms with van der Waals surface area (Å²) in [6.07, 6.45) is 1.80. The topological polar surface area (TPSA) is 34.9 Å². The van der Waals surface area contributed by atoms with Crippen LogP contribution < -0.4 is 0 Å². The average molecular weight is 297 g/mol. The van der Waals surface area contributed by atoms with Gasteiger partial charge in [-0.05, 0) is 31.5 Å². The maximum atomic E-state index is 12.3. The van der Waals surface area contributed by atoms with E-state index in [9.17, 15) is 4.79 Å². The molecule has 1 aromatic carbocycles. The van der Waals surface area contributed by atoms with Crippen molar-refractivity contribution in [3.05, 3.63) is 51.8 Å². The second kappa shape index (κ2) is 5.76. The normalized spacial score (nSPS) is 11.0. The molecule has 2 aromatic rings. The number of ketones is 1. The number of halogens is 2.